The number of aliphatic hydroxyl groups is 1. The maximum Gasteiger partial charge on any atom is 0.408 e. The Labute approximate surface area is 158 Å². The quantitative estimate of drug-likeness (QED) is 0.792. The number of fused-ring (bicyclic) bond motifs is 1. The molecular weight excluding hydrogens is 346 g/mol. The predicted molar refractivity (Wildman–Crippen MR) is 98.8 cm³/mol. The summed E-state index contributed by atoms with van der Waals surface area (Å²) in [5, 5.41) is 13.7. The van der Waals surface area contributed by atoms with Gasteiger partial charge >= 0.3 is 12.1 Å². The van der Waals surface area contributed by atoms with Crippen LogP contribution in [0.15, 0.2) is 54.6 Å². The van der Waals surface area contributed by atoms with E-state index in [1.807, 2.05) is 42.5 Å². The van der Waals surface area contributed by atoms with Gasteiger partial charge < -0.3 is 19.9 Å². The summed E-state index contributed by atoms with van der Waals surface area (Å²) in [6.45, 7) is 1.92. The van der Waals surface area contributed by atoms with E-state index in [0.717, 1.165) is 11.1 Å². The molecule has 0 spiro atoms. The Balaban J connectivity index is 1.79. The van der Waals surface area contributed by atoms with E-state index in [4.69, 9.17) is 9.47 Å². The minimum atomic E-state index is -1.84. The summed E-state index contributed by atoms with van der Waals surface area (Å²) >= 11 is 0. The zero-order chi connectivity index (χ0) is 19.3. The smallest absolute Gasteiger partial charge is 0.408 e. The first-order valence-corrected chi connectivity index (χ1v) is 8.99. The Hall–Kier alpha value is -2.86. The van der Waals surface area contributed by atoms with E-state index in [2.05, 4.69) is 5.32 Å². The van der Waals surface area contributed by atoms with E-state index in [9.17, 15) is 14.7 Å². The van der Waals surface area contributed by atoms with Crippen LogP contribution in [0.5, 0.6) is 0 Å². The topological polar surface area (TPSA) is 84.9 Å². The molecule has 0 saturated heterocycles. The van der Waals surface area contributed by atoms with Crippen molar-refractivity contribution >= 4 is 12.1 Å². The molecule has 1 aliphatic carbocycles. The Bertz CT molecular complexity index is 807. The molecule has 27 heavy (non-hydrogen) atoms. The summed E-state index contributed by atoms with van der Waals surface area (Å²) in [7, 11) is 0. The Kier molecular flexibility index (Phi) is 5.76. The van der Waals surface area contributed by atoms with Crippen molar-refractivity contribution in [3.63, 3.8) is 0 Å². The van der Waals surface area contributed by atoms with Crippen molar-refractivity contribution in [2.24, 2.45) is 0 Å². The highest BCUT2D eigenvalue weighted by Gasteiger charge is 2.50. The molecule has 0 heterocycles. The molecule has 0 aromatic heterocycles. The standard InChI is InChI=1S/C21H23NO5/c1-2-26-19(23)21(25)13-12-16-10-6-7-11-17(16)18(21)22-20(24)27-14-15-8-4-3-5-9-15/h3-11,18,25H,2,12-14H2,1H3,(H,22,24)/t18-,21+/m0/s1. The number of hydrogen-bond acceptors (Lipinski definition) is 5. The van der Waals surface area contributed by atoms with Crippen LogP contribution in [0.4, 0.5) is 4.79 Å². The number of ether oxygens (including phenoxy) is 2. The van der Waals surface area contributed by atoms with Gasteiger partial charge in [0.15, 0.2) is 5.60 Å². The van der Waals surface area contributed by atoms with Gasteiger partial charge in [-0.1, -0.05) is 54.6 Å². The lowest BCUT2D eigenvalue weighted by atomic mass is 9.76. The third-order valence-corrected chi connectivity index (χ3v) is 4.72. The zero-order valence-corrected chi connectivity index (χ0v) is 15.2. The summed E-state index contributed by atoms with van der Waals surface area (Å²) < 4.78 is 10.3. The fraction of sp³-hybridized carbons (Fsp3) is 0.333. The van der Waals surface area contributed by atoms with Crippen molar-refractivity contribution in [2.75, 3.05) is 6.61 Å². The number of alkyl carbamates (subject to hydrolysis) is 1. The van der Waals surface area contributed by atoms with Gasteiger partial charge in [-0.05, 0) is 36.5 Å². The zero-order valence-electron chi connectivity index (χ0n) is 15.2. The van der Waals surface area contributed by atoms with Gasteiger partial charge in [-0.25, -0.2) is 9.59 Å². The molecule has 6 nitrogen and oxygen atoms in total. The maximum atomic E-state index is 12.4. The normalized spacial score (nSPS) is 21.0. The number of hydrogen-bond donors (Lipinski definition) is 2. The summed E-state index contributed by atoms with van der Waals surface area (Å²) in [4.78, 5) is 24.8. The lowest BCUT2D eigenvalue weighted by molar-refractivity contribution is -0.170. The SMILES string of the molecule is CCOC(=O)[C@@]1(O)CCc2ccccc2[C@@H]1NC(=O)OCc1ccccc1. The highest BCUT2D eigenvalue weighted by molar-refractivity contribution is 5.82. The van der Waals surface area contributed by atoms with Gasteiger partial charge in [0.25, 0.3) is 0 Å². The van der Waals surface area contributed by atoms with E-state index in [1.165, 1.54) is 0 Å². The molecule has 1 amide bonds. The van der Waals surface area contributed by atoms with Crippen LogP contribution in [0.3, 0.4) is 0 Å². The van der Waals surface area contributed by atoms with Crippen LogP contribution < -0.4 is 5.32 Å². The number of esters is 1. The largest absolute Gasteiger partial charge is 0.464 e. The summed E-state index contributed by atoms with van der Waals surface area (Å²) in [6, 6.07) is 15.7. The number of benzene rings is 2. The van der Waals surface area contributed by atoms with Crippen molar-refractivity contribution in [3.8, 4) is 0 Å². The van der Waals surface area contributed by atoms with E-state index >= 15 is 0 Å². The summed E-state index contributed by atoms with van der Waals surface area (Å²) in [6.07, 6.45) is -0.0295. The third-order valence-electron chi connectivity index (χ3n) is 4.72. The van der Waals surface area contributed by atoms with Gasteiger partial charge in [-0.15, -0.1) is 0 Å². The Morgan fingerprint density at radius 3 is 2.56 bits per heavy atom. The molecule has 142 valence electrons. The van der Waals surface area contributed by atoms with E-state index in [1.54, 1.807) is 19.1 Å². The van der Waals surface area contributed by atoms with Crippen LogP contribution in [0.25, 0.3) is 0 Å². The molecule has 2 aromatic rings. The van der Waals surface area contributed by atoms with Gasteiger partial charge in [0.05, 0.1) is 12.6 Å². The second-order valence-corrected chi connectivity index (χ2v) is 6.48. The number of carbonyl (C=O) groups is 2. The minimum Gasteiger partial charge on any atom is -0.464 e. The van der Waals surface area contributed by atoms with Gasteiger partial charge in [0.1, 0.15) is 6.61 Å². The van der Waals surface area contributed by atoms with Gasteiger partial charge in [-0.3, -0.25) is 0 Å². The molecule has 0 aliphatic heterocycles. The van der Waals surface area contributed by atoms with Gasteiger partial charge in [0.2, 0.25) is 0 Å². The fourth-order valence-corrected chi connectivity index (χ4v) is 3.33. The number of aryl methyl sites for hydroxylation is 1. The molecule has 2 N–H and O–H groups in total. The Morgan fingerprint density at radius 2 is 1.81 bits per heavy atom. The first kappa shape index (κ1) is 18.9. The van der Waals surface area contributed by atoms with Crippen molar-refractivity contribution in [3.05, 3.63) is 71.3 Å². The average Bonchev–Trinajstić information content (AvgIpc) is 2.69. The summed E-state index contributed by atoms with van der Waals surface area (Å²) in [5.41, 5.74) is 0.670. The third kappa shape index (κ3) is 4.11. The monoisotopic (exact) mass is 369 g/mol. The lowest BCUT2D eigenvalue weighted by Crippen LogP contribution is -2.54. The van der Waals surface area contributed by atoms with Crippen LogP contribution in [-0.2, 0) is 27.3 Å². The van der Waals surface area contributed by atoms with E-state index < -0.39 is 23.7 Å². The number of nitrogens with one attached hydrogen (secondary N) is 1. The maximum absolute atomic E-state index is 12.4. The number of amides is 1. The van der Waals surface area contributed by atoms with Crippen LogP contribution >= 0.6 is 0 Å². The molecule has 0 saturated carbocycles. The van der Waals surface area contributed by atoms with E-state index in [-0.39, 0.29) is 19.6 Å². The van der Waals surface area contributed by atoms with Crippen LogP contribution in [-0.4, -0.2) is 29.4 Å². The molecule has 2 aromatic carbocycles. The van der Waals surface area contributed by atoms with Crippen LogP contribution in [0.1, 0.15) is 36.1 Å². The highest BCUT2D eigenvalue weighted by Crippen LogP contribution is 2.38. The molecular formula is C21H23NO5. The van der Waals surface area contributed by atoms with Gasteiger partial charge in [0, 0.05) is 0 Å². The number of carbonyl (C=O) groups excluding carboxylic acids is 2. The second kappa shape index (κ2) is 8.22. The molecule has 0 radical (unpaired) electrons. The Morgan fingerprint density at radius 1 is 1.11 bits per heavy atom. The highest BCUT2D eigenvalue weighted by atomic mass is 16.6. The summed E-state index contributed by atoms with van der Waals surface area (Å²) in [5.74, 6) is -0.743. The van der Waals surface area contributed by atoms with Crippen molar-refractivity contribution in [2.45, 2.75) is 38.0 Å². The molecule has 2 atom stereocenters. The number of rotatable bonds is 5. The fourth-order valence-electron chi connectivity index (χ4n) is 3.33. The van der Waals surface area contributed by atoms with Crippen molar-refractivity contribution < 1.29 is 24.2 Å². The van der Waals surface area contributed by atoms with Crippen molar-refractivity contribution in [1.82, 2.24) is 5.32 Å². The average molecular weight is 369 g/mol. The van der Waals surface area contributed by atoms with Gasteiger partial charge in [-0.2, -0.15) is 0 Å². The minimum absolute atomic E-state index is 0.0961. The first-order valence-electron chi connectivity index (χ1n) is 8.99. The molecule has 1 aliphatic rings. The van der Waals surface area contributed by atoms with Crippen LogP contribution in [0, 0.1) is 0 Å². The first-order chi connectivity index (χ1) is 13.0. The van der Waals surface area contributed by atoms with E-state index in [0.29, 0.717) is 12.0 Å². The van der Waals surface area contributed by atoms with Crippen LogP contribution in [0.2, 0.25) is 0 Å². The molecule has 0 unspecified atom stereocenters. The second-order valence-electron chi connectivity index (χ2n) is 6.48. The molecule has 3 rings (SSSR count). The predicted octanol–water partition coefficient (Wildman–Crippen LogP) is 2.89. The molecule has 0 bridgehead atoms. The lowest BCUT2D eigenvalue weighted by Gasteiger charge is -2.39. The molecule has 6 heteroatoms. The molecule has 0 fully saturated rings. The van der Waals surface area contributed by atoms with Crippen molar-refractivity contribution in [1.29, 1.82) is 0 Å².